The largest absolute Gasteiger partial charge is 0.398 e. The highest BCUT2D eigenvalue weighted by atomic mass is 19.1. The number of hydrogen-bond acceptors (Lipinski definition) is 3. The van der Waals surface area contributed by atoms with Gasteiger partial charge < -0.3 is 5.73 Å². The molecule has 0 amide bonds. The van der Waals surface area contributed by atoms with Gasteiger partial charge in [0.1, 0.15) is 5.82 Å². The molecule has 2 rings (SSSR count). The normalized spacial score (nSPS) is 10.2. The van der Waals surface area contributed by atoms with E-state index in [1.54, 1.807) is 24.5 Å². The molecule has 2 N–H and O–H groups in total. The molecule has 3 nitrogen and oxygen atoms in total. The third-order valence-corrected chi connectivity index (χ3v) is 2.44. The minimum Gasteiger partial charge on any atom is -0.398 e. The Morgan fingerprint density at radius 3 is 2.88 bits per heavy atom. The van der Waals surface area contributed by atoms with Crippen molar-refractivity contribution in [3.63, 3.8) is 0 Å². The summed E-state index contributed by atoms with van der Waals surface area (Å²) in [5.41, 5.74) is 7.22. The average molecular weight is 230 g/mol. The highest BCUT2D eigenvalue weighted by Crippen LogP contribution is 2.13. The Morgan fingerprint density at radius 1 is 1.35 bits per heavy atom. The number of anilines is 1. The van der Waals surface area contributed by atoms with Gasteiger partial charge >= 0.3 is 0 Å². The second-order valence-corrected chi connectivity index (χ2v) is 3.68. The van der Waals surface area contributed by atoms with Crippen LogP contribution in [0, 0.1) is 5.82 Å². The third-order valence-electron chi connectivity index (χ3n) is 2.44. The van der Waals surface area contributed by atoms with Crippen LogP contribution in [0.1, 0.15) is 15.9 Å². The van der Waals surface area contributed by atoms with E-state index in [1.165, 1.54) is 18.2 Å². The summed E-state index contributed by atoms with van der Waals surface area (Å²) in [5.74, 6) is -0.598. The molecule has 0 aliphatic heterocycles. The number of hydrogen-bond donors (Lipinski definition) is 1. The van der Waals surface area contributed by atoms with Gasteiger partial charge in [0.05, 0.1) is 0 Å². The van der Waals surface area contributed by atoms with Crippen LogP contribution in [0.2, 0.25) is 0 Å². The number of carbonyl (C=O) groups excluding carboxylic acids is 1. The number of carbonyl (C=O) groups is 1. The van der Waals surface area contributed by atoms with Crippen molar-refractivity contribution in [3.05, 3.63) is 59.7 Å². The molecule has 0 bridgehead atoms. The number of pyridine rings is 1. The van der Waals surface area contributed by atoms with E-state index in [9.17, 15) is 9.18 Å². The minimum atomic E-state index is -0.421. The summed E-state index contributed by atoms with van der Waals surface area (Å²) < 4.78 is 13.0. The van der Waals surface area contributed by atoms with Crippen molar-refractivity contribution < 1.29 is 9.18 Å². The molecular weight excluding hydrogens is 219 g/mol. The number of Topliss-reactive ketones (excluding diaryl/α,β-unsaturated/α-hetero) is 1. The second-order valence-electron chi connectivity index (χ2n) is 3.68. The molecule has 1 aromatic heterocycles. The number of rotatable bonds is 3. The second kappa shape index (κ2) is 4.74. The highest BCUT2D eigenvalue weighted by Gasteiger charge is 2.09. The molecule has 0 spiro atoms. The van der Waals surface area contributed by atoms with Gasteiger partial charge in [0.25, 0.3) is 0 Å². The summed E-state index contributed by atoms with van der Waals surface area (Å²) in [5, 5.41) is 0. The molecular formula is C13H11FN2O. The molecule has 0 unspecified atom stereocenters. The van der Waals surface area contributed by atoms with Gasteiger partial charge in [0, 0.05) is 35.6 Å². The maximum absolute atomic E-state index is 13.0. The van der Waals surface area contributed by atoms with Gasteiger partial charge in [-0.2, -0.15) is 0 Å². The molecule has 0 fully saturated rings. The van der Waals surface area contributed by atoms with Crippen LogP contribution in [0.4, 0.5) is 10.1 Å². The number of nitrogens with zero attached hydrogens (tertiary/aromatic N) is 1. The first kappa shape index (κ1) is 11.3. The standard InChI is InChI=1S/C13H11FN2O/c14-11-3-1-2-9(6-11)13(17)7-10-8-16-5-4-12(10)15/h1-6,8H,7H2,(H2,15,16). The summed E-state index contributed by atoms with van der Waals surface area (Å²) in [6.45, 7) is 0. The monoisotopic (exact) mass is 230 g/mol. The van der Waals surface area contributed by atoms with Gasteiger partial charge in [-0.15, -0.1) is 0 Å². The van der Waals surface area contributed by atoms with E-state index < -0.39 is 5.82 Å². The summed E-state index contributed by atoms with van der Waals surface area (Å²) in [6.07, 6.45) is 3.24. The molecule has 0 atom stereocenters. The van der Waals surface area contributed by atoms with Crippen LogP contribution in [-0.4, -0.2) is 10.8 Å². The Balaban J connectivity index is 2.20. The van der Waals surface area contributed by atoms with Crippen molar-refractivity contribution >= 4 is 11.5 Å². The fourth-order valence-electron chi connectivity index (χ4n) is 1.52. The van der Waals surface area contributed by atoms with Gasteiger partial charge in [-0.1, -0.05) is 12.1 Å². The Labute approximate surface area is 98.1 Å². The SMILES string of the molecule is Nc1ccncc1CC(=O)c1cccc(F)c1. The number of aromatic nitrogens is 1. The van der Waals surface area contributed by atoms with Gasteiger partial charge in [-0.05, 0) is 18.2 Å². The first-order valence-electron chi connectivity index (χ1n) is 5.14. The molecule has 0 saturated heterocycles. The summed E-state index contributed by atoms with van der Waals surface area (Å²) in [7, 11) is 0. The lowest BCUT2D eigenvalue weighted by Crippen LogP contribution is -2.06. The molecule has 17 heavy (non-hydrogen) atoms. The highest BCUT2D eigenvalue weighted by molar-refractivity contribution is 5.98. The molecule has 0 aliphatic carbocycles. The van der Waals surface area contributed by atoms with Gasteiger partial charge in [0.2, 0.25) is 0 Å². The predicted molar refractivity (Wildman–Crippen MR) is 63.1 cm³/mol. The maximum atomic E-state index is 13.0. The predicted octanol–water partition coefficient (Wildman–Crippen LogP) is 2.23. The number of ketones is 1. The Morgan fingerprint density at radius 2 is 2.18 bits per heavy atom. The van der Waals surface area contributed by atoms with Crippen LogP contribution in [0.25, 0.3) is 0 Å². The van der Waals surface area contributed by atoms with Crippen molar-refractivity contribution in [2.75, 3.05) is 5.73 Å². The van der Waals surface area contributed by atoms with Gasteiger partial charge in [0.15, 0.2) is 5.78 Å². The van der Waals surface area contributed by atoms with Crippen molar-refractivity contribution in [1.82, 2.24) is 4.98 Å². The van der Waals surface area contributed by atoms with Crippen molar-refractivity contribution in [1.29, 1.82) is 0 Å². The number of nitrogen functional groups attached to an aromatic ring is 1. The van der Waals surface area contributed by atoms with E-state index in [0.717, 1.165) is 0 Å². The minimum absolute atomic E-state index is 0.128. The van der Waals surface area contributed by atoms with Crippen molar-refractivity contribution in [2.45, 2.75) is 6.42 Å². The Bertz CT molecular complexity index is 555. The molecule has 0 radical (unpaired) electrons. The van der Waals surface area contributed by atoms with Crippen LogP contribution in [-0.2, 0) is 6.42 Å². The lowest BCUT2D eigenvalue weighted by molar-refractivity contribution is 0.0992. The van der Waals surface area contributed by atoms with Gasteiger partial charge in [-0.25, -0.2) is 4.39 Å². The molecule has 1 heterocycles. The van der Waals surface area contributed by atoms with E-state index in [-0.39, 0.29) is 12.2 Å². The molecule has 86 valence electrons. The maximum Gasteiger partial charge on any atom is 0.167 e. The van der Waals surface area contributed by atoms with E-state index in [2.05, 4.69) is 4.98 Å². The van der Waals surface area contributed by atoms with E-state index in [0.29, 0.717) is 16.8 Å². The smallest absolute Gasteiger partial charge is 0.167 e. The quantitative estimate of drug-likeness (QED) is 0.822. The Hall–Kier alpha value is -2.23. The third kappa shape index (κ3) is 2.66. The lowest BCUT2D eigenvalue weighted by Gasteiger charge is -2.04. The zero-order chi connectivity index (χ0) is 12.3. The number of halogens is 1. The zero-order valence-electron chi connectivity index (χ0n) is 9.06. The fourth-order valence-corrected chi connectivity index (χ4v) is 1.52. The van der Waals surface area contributed by atoms with Crippen LogP contribution in [0.3, 0.4) is 0 Å². The summed E-state index contributed by atoms with van der Waals surface area (Å²) >= 11 is 0. The zero-order valence-corrected chi connectivity index (χ0v) is 9.06. The topological polar surface area (TPSA) is 56.0 Å². The van der Waals surface area contributed by atoms with Crippen LogP contribution in [0.5, 0.6) is 0 Å². The lowest BCUT2D eigenvalue weighted by atomic mass is 10.0. The number of nitrogens with two attached hydrogens (primary N) is 1. The van der Waals surface area contributed by atoms with E-state index in [4.69, 9.17) is 5.73 Å². The molecule has 2 aromatic rings. The van der Waals surface area contributed by atoms with Crippen LogP contribution < -0.4 is 5.73 Å². The summed E-state index contributed by atoms with van der Waals surface area (Å²) in [6, 6.07) is 7.24. The van der Waals surface area contributed by atoms with Gasteiger partial charge in [-0.3, -0.25) is 9.78 Å². The Kier molecular flexibility index (Phi) is 3.14. The van der Waals surface area contributed by atoms with Crippen LogP contribution >= 0.6 is 0 Å². The van der Waals surface area contributed by atoms with E-state index >= 15 is 0 Å². The number of benzene rings is 1. The summed E-state index contributed by atoms with van der Waals surface area (Å²) in [4.78, 5) is 15.8. The van der Waals surface area contributed by atoms with Crippen LogP contribution in [0.15, 0.2) is 42.7 Å². The molecule has 1 aromatic carbocycles. The van der Waals surface area contributed by atoms with Crippen molar-refractivity contribution in [2.24, 2.45) is 0 Å². The molecule has 0 saturated carbocycles. The molecule has 0 aliphatic rings. The average Bonchev–Trinajstić information content (AvgIpc) is 2.32. The van der Waals surface area contributed by atoms with Crippen molar-refractivity contribution in [3.8, 4) is 0 Å². The first-order valence-corrected chi connectivity index (χ1v) is 5.14. The fraction of sp³-hybridized carbons (Fsp3) is 0.0769. The molecule has 4 heteroatoms. The first-order chi connectivity index (χ1) is 8.16. The van der Waals surface area contributed by atoms with E-state index in [1.807, 2.05) is 0 Å².